The number of ketones is 1. The molecule has 3 nitrogen and oxygen atoms in total. The van der Waals surface area contributed by atoms with Crippen molar-refractivity contribution < 1.29 is 4.79 Å². The number of hydrogen-bond acceptors (Lipinski definition) is 3. The molecule has 1 fully saturated rings. The van der Waals surface area contributed by atoms with Crippen molar-refractivity contribution in [1.82, 2.24) is 4.90 Å². The summed E-state index contributed by atoms with van der Waals surface area (Å²) < 4.78 is 0. The molecule has 3 heteroatoms. The summed E-state index contributed by atoms with van der Waals surface area (Å²) in [7, 11) is 2.05. The van der Waals surface area contributed by atoms with Gasteiger partial charge in [0.15, 0.2) is 5.78 Å². The van der Waals surface area contributed by atoms with E-state index in [1.54, 1.807) is 24.3 Å². The molecule has 0 saturated heterocycles. The largest absolute Gasteiger partial charge is 0.296 e. The molecule has 0 radical (unpaired) electrons. The van der Waals surface area contributed by atoms with E-state index in [0.717, 1.165) is 5.92 Å². The van der Waals surface area contributed by atoms with E-state index in [1.807, 2.05) is 0 Å². The lowest BCUT2D eigenvalue weighted by Gasteiger charge is -2.34. The molecule has 1 aromatic carbocycles. The van der Waals surface area contributed by atoms with Crippen molar-refractivity contribution in [3.05, 3.63) is 35.4 Å². The summed E-state index contributed by atoms with van der Waals surface area (Å²) in [5, 5.41) is 8.78. The number of carbonyl (C=O) groups is 1. The third-order valence-corrected chi connectivity index (χ3v) is 4.75. The van der Waals surface area contributed by atoms with Gasteiger partial charge in [-0.15, -0.1) is 0 Å². The highest BCUT2D eigenvalue weighted by Gasteiger charge is 2.24. The minimum Gasteiger partial charge on any atom is -0.296 e. The van der Waals surface area contributed by atoms with Crippen LogP contribution in [-0.2, 0) is 0 Å². The Bertz CT molecular complexity index is 507. The maximum atomic E-state index is 12.3. The number of nitriles is 1. The molecule has 21 heavy (non-hydrogen) atoms. The first kappa shape index (κ1) is 15.7. The van der Waals surface area contributed by atoms with Gasteiger partial charge in [0.05, 0.1) is 18.2 Å². The molecule has 1 saturated carbocycles. The molecule has 1 aliphatic carbocycles. The van der Waals surface area contributed by atoms with Crippen LogP contribution in [0.5, 0.6) is 0 Å². The second-order valence-electron chi connectivity index (χ2n) is 6.11. The van der Waals surface area contributed by atoms with Gasteiger partial charge in [-0.3, -0.25) is 9.69 Å². The van der Waals surface area contributed by atoms with Gasteiger partial charge in [-0.2, -0.15) is 5.26 Å². The standard InChI is InChI=1S/C18H24N2O/c1-3-14-6-10-17(11-7-14)20(2)13-18(21)16-8-4-15(12-19)5-9-16/h4-5,8-9,14,17H,3,6-7,10-11,13H2,1-2H3. The number of rotatable bonds is 5. The molecule has 0 N–H and O–H groups in total. The van der Waals surface area contributed by atoms with E-state index in [4.69, 9.17) is 5.26 Å². The fourth-order valence-corrected chi connectivity index (χ4v) is 3.17. The topological polar surface area (TPSA) is 44.1 Å². The molecule has 1 aromatic rings. The molecule has 1 aliphatic rings. The Balaban J connectivity index is 1.88. The summed E-state index contributed by atoms with van der Waals surface area (Å²) in [5.74, 6) is 1.02. The highest BCUT2D eigenvalue weighted by Crippen LogP contribution is 2.28. The number of carbonyl (C=O) groups excluding carboxylic acids is 1. The van der Waals surface area contributed by atoms with Gasteiger partial charge in [0, 0.05) is 11.6 Å². The Morgan fingerprint density at radius 2 is 1.86 bits per heavy atom. The average Bonchev–Trinajstić information content (AvgIpc) is 2.55. The van der Waals surface area contributed by atoms with Crippen LogP contribution < -0.4 is 0 Å². The van der Waals surface area contributed by atoms with Gasteiger partial charge in [-0.05, 0) is 50.8 Å². The molecule has 0 aliphatic heterocycles. The van der Waals surface area contributed by atoms with Gasteiger partial charge in [-0.1, -0.05) is 25.5 Å². The van der Waals surface area contributed by atoms with Crippen molar-refractivity contribution in [3.8, 4) is 6.07 Å². The lowest BCUT2D eigenvalue weighted by Crippen LogP contribution is -2.38. The van der Waals surface area contributed by atoms with Crippen molar-refractivity contribution in [2.45, 2.75) is 45.1 Å². The molecule has 2 rings (SSSR count). The van der Waals surface area contributed by atoms with Gasteiger partial charge in [0.2, 0.25) is 0 Å². The van der Waals surface area contributed by atoms with Crippen molar-refractivity contribution in [2.75, 3.05) is 13.6 Å². The SMILES string of the molecule is CCC1CCC(N(C)CC(=O)c2ccc(C#N)cc2)CC1. The minimum absolute atomic E-state index is 0.139. The molecule has 0 unspecified atom stereocenters. The molecule has 112 valence electrons. The summed E-state index contributed by atoms with van der Waals surface area (Å²) >= 11 is 0. The third-order valence-electron chi connectivity index (χ3n) is 4.75. The second-order valence-corrected chi connectivity index (χ2v) is 6.11. The quantitative estimate of drug-likeness (QED) is 0.775. The zero-order valence-electron chi connectivity index (χ0n) is 13.0. The Hall–Kier alpha value is -1.66. The lowest BCUT2D eigenvalue weighted by atomic mass is 9.84. The summed E-state index contributed by atoms with van der Waals surface area (Å²) in [4.78, 5) is 14.5. The minimum atomic E-state index is 0.139. The van der Waals surface area contributed by atoms with Crippen molar-refractivity contribution in [3.63, 3.8) is 0 Å². The lowest BCUT2D eigenvalue weighted by molar-refractivity contribution is 0.0885. The first-order valence-corrected chi connectivity index (χ1v) is 7.87. The number of nitrogens with zero attached hydrogens (tertiary/aromatic N) is 2. The highest BCUT2D eigenvalue weighted by molar-refractivity contribution is 5.97. The van der Waals surface area contributed by atoms with E-state index in [0.29, 0.717) is 23.7 Å². The Morgan fingerprint density at radius 3 is 2.38 bits per heavy atom. The van der Waals surface area contributed by atoms with Gasteiger partial charge in [-0.25, -0.2) is 0 Å². The van der Waals surface area contributed by atoms with E-state index in [9.17, 15) is 4.79 Å². The predicted octanol–water partition coefficient (Wildman–Crippen LogP) is 3.64. The number of Topliss-reactive ketones (excluding diaryl/α,β-unsaturated/α-hetero) is 1. The smallest absolute Gasteiger partial charge is 0.176 e. The fraction of sp³-hybridized carbons (Fsp3) is 0.556. The van der Waals surface area contributed by atoms with E-state index >= 15 is 0 Å². The average molecular weight is 284 g/mol. The number of likely N-dealkylation sites (N-methyl/N-ethyl adjacent to an activating group) is 1. The molecule has 0 bridgehead atoms. The summed E-state index contributed by atoms with van der Waals surface area (Å²) in [6, 6.07) is 9.53. The monoisotopic (exact) mass is 284 g/mol. The van der Waals surface area contributed by atoms with Gasteiger partial charge >= 0.3 is 0 Å². The van der Waals surface area contributed by atoms with Gasteiger partial charge < -0.3 is 0 Å². The molecular weight excluding hydrogens is 260 g/mol. The Morgan fingerprint density at radius 1 is 1.24 bits per heavy atom. The van der Waals surface area contributed by atoms with E-state index in [2.05, 4.69) is 24.9 Å². The Kier molecular flexibility index (Phi) is 5.52. The summed E-state index contributed by atoms with van der Waals surface area (Å²) in [6.07, 6.45) is 6.26. The first-order valence-electron chi connectivity index (χ1n) is 7.87. The van der Waals surface area contributed by atoms with Crippen LogP contribution in [-0.4, -0.2) is 30.3 Å². The second kappa shape index (κ2) is 7.38. The van der Waals surface area contributed by atoms with Crippen LogP contribution in [0.25, 0.3) is 0 Å². The van der Waals surface area contributed by atoms with Crippen LogP contribution in [0.15, 0.2) is 24.3 Å². The van der Waals surface area contributed by atoms with Crippen molar-refractivity contribution in [1.29, 1.82) is 5.26 Å². The molecule has 0 amide bonds. The van der Waals surface area contributed by atoms with Crippen molar-refractivity contribution in [2.24, 2.45) is 5.92 Å². The third kappa shape index (κ3) is 4.15. The van der Waals surface area contributed by atoms with Crippen LogP contribution in [0.3, 0.4) is 0 Å². The van der Waals surface area contributed by atoms with E-state index in [-0.39, 0.29) is 5.78 Å². The van der Waals surface area contributed by atoms with Gasteiger partial charge in [0.1, 0.15) is 0 Å². The Labute approximate surface area is 127 Å². The molecule has 0 heterocycles. The van der Waals surface area contributed by atoms with E-state index in [1.165, 1.54) is 32.1 Å². The van der Waals surface area contributed by atoms with Crippen LogP contribution in [0.4, 0.5) is 0 Å². The van der Waals surface area contributed by atoms with Crippen LogP contribution in [0.2, 0.25) is 0 Å². The zero-order valence-corrected chi connectivity index (χ0v) is 13.0. The highest BCUT2D eigenvalue weighted by atomic mass is 16.1. The maximum absolute atomic E-state index is 12.3. The molecular formula is C18H24N2O. The predicted molar refractivity (Wildman–Crippen MR) is 84.2 cm³/mol. The van der Waals surface area contributed by atoms with Gasteiger partial charge in [0.25, 0.3) is 0 Å². The number of hydrogen-bond donors (Lipinski definition) is 0. The summed E-state index contributed by atoms with van der Waals surface area (Å²) in [5.41, 5.74) is 1.29. The summed E-state index contributed by atoms with van der Waals surface area (Å²) in [6.45, 7) is 2.73. The van der Waals surface area contributed by atoms with Crippen LogP contribution in [0, 0.1) is 17.2 Å². The molecule has 0 atom stereocenters. The maximum Gasteiger partial charge on any atom is 0.176 e. The van der Waals surface area contributed by atoms with Crippen molar-refractivity contribution >= 4 is 5.78 Å². The van der Waals surface area contributed by atoms with E-state index < -0.39 is 0 Å². The first-order chi connectivity index (χ1) is 10.1. The van der Waals surface area contributed by atoms with Crippen LogP contribution >= 0.6 is 0 Å². The van der Waals surface area contributed by atoms with Crippen LogP contribution in [0.1, 0.15) is 54.9 Å². The molecule has 0 spiro atoms. The normalized spacial score (nSPS) is 22.0. The fourth-order valence-electron chi connectivity index (χ4n) is 3.17. The number of benzene rings is 1. The zero-order chi connectivity index (χ0) is 15.2. The molecule has 0 aromatic heterocycles.